The second-order valence-electron chi connectivity index (χ2n) is 3.95. The van der Waals surface area contributed by atoms with E-state index >= 15 is 0 Å². The molecule has 0 aliphatic heterocycles. The van der Waals surface area contributed by atoms with Gasteiger partial charge in [0.15, 0.2) is 0 Å². The Morgan fingerprint density at radius 2 is 1.82 bits per heavy atom. The van der Waals surface area contributed by atoms with Crippen LogP contribution < -0.4 is 0 Å². The molecule has 1 heterocycles. The molecule has 0 saturated heterocycles. The smallest absolute Gasteiger partial charge is 0.0827 e. The monoisotopic (exact) mass is 257 g/mol. The first-order chi connectivity index (χ1) is 8.15. The summed E-state index contributed by atoms with van der Waals surface area (Å²) in [5, 5.41) is 29.3. The lowest BCUT2D eigenvalue weighted by Crippen LogP contribution is -2.28. The highest BCUT2D eigenvalue weighted by molar-refractivity contribution is 7.98. The Labute approximate surface area is 106 Å². The molecule has 0 saturated carbocycles. The number of rotatable bonds is 7. The highest BCUT2D eigenvalue weighted by Gasteiger charge is 2.20. The van der Waals surface area contributed by atoms with Crippen LogP contribution in [0.1, 0.15) is 24.5 Å². The molecule has 17 heavy (non-hydrogen) atoms. The van der Waals surface area contributed by atoms with Gasteiger partial charge >= 0.3 is 0 Å². The van der Waals surface area contributed by atoms with Crippen molar-refractivity contribution in [3.8, 4) is 0 Å². The van der Waals surface area contributed by atoms with E-state index in [1.54, 1.807) is 36.3 Å². The van der Waals surface area contributed by atoms with Crippen LogP contribution >= 0.6 is 11.8 Å². The summed E-state index contributed by atoms with van der Waals surface area (Å²) in [6.07, 6.45) is 3.36. The molecule has 0 aliphatic rings. The molecule has 3 unspecified atom stereocenters. The van der Waals surface area contributed by atoms with Crippen molar-refractivity contribution in [2.75, 3.05) is 12.0 Å². The van der Waals surface area contributed by atoms with Crippen molar-refractivity contribution in [1.29, 1.82) is 0 Å². The van der Waals surface area contributed by atoms with Crippen molar-refractivity contribution in [2.45, 2.75) is 31.2 Å². The first-order valence-corrected chi connectivity index (χ1v) is 6.97. The molecule has 3 N–H and O–H groups in total. The number of aliphatic hydroxyl groups is 3. The molecule has 0 fully saturated rings. The lowest BCUT2D eigenvalue weighted by Gasteiger charge is -2.20. The van der Waals surface area contributed by atoms with Crippen molar-refractivity contribution >= 4 is 11.8 Å². The maximum absolute atomic E-state index is 9.86. The van der Waals surface area contributed by atoms with E-state index in [9.17, 15) is 15.3 Å². The van der Waals surface area contributed by atoms with Crippen LogP contribution in [-0.2, 0) is 0 Å². The Morgan fingerprint density at radius 3 is 2.41 bits per heavy atom. The Morgan fingerprint density at radius 1 is 1.18 bits per heavy atom. The maximum Gasteiger partial charge on any atom is 0.0827 e. The van der Waals surface area contributed by atoms with E-state index < -0.39 is 18.3 Å². The molecule has 0 radical (unpaired) electrons. The van der Waals surface area contributed by atoms with Gasteiger partial charge in [0.1, 0.15) is 0 Å². The molecule has 4 nitrogen and oxygen atoms in total. The summed E-state index contributed by atoms with van der Waals surface area (Å²) < 4.78 is 0. The fourth-order valence-corrected chi connectivity index (χ4v) is 2.02. The first-order valence-electron chi connectivity index (χ1n) is 5.58. The number of pyridine rings is 1. The van der Waals surface area contributed by atoms with Crippen LogP contribution in [0.5, 0.6) is 0 Å². The van der Waals surface area contributed by atoms with Gasteiger partial charge in [-0.05, 0) is 36.1 Å². The topological polar surface area (TPSA) is 73.6 Å². The van der Waals surface area contributed by atoms with Crippen LogP contribution in [0, 0.1) is 0 Å². The summed E-state index contributed by atoms with van der Waals surface area (Å²) in [7, 11) is 0. The van der Waals surface area contributed by atoms with Gasteiger partial charge in [-0.2, -0.15) is 11.8 Å². The summed E-state index contributed by atoms with van der Waals surface area (Å²) in [5.74, 6) is 0.795. The first kappa shape index (κ1) is 14.4. The quantitative estimate of drug-likeness (QED) is 0.679. The molecule has 0 aliphatic carbocycles. The number of hydrogen-bond donors (Lipinski definition) is 3. The number of nitrogens with zero attached hydrogens (tertiary/aromatic N) is 1. The highest BCUT2D eigenvalue weighted by Crippen LogP contribution is 2.19. The second-order valence-corrected chi connectivity index (χ2v) is 4.93. The van der Waals surface area contributed by atoms with E-state index in [2.05, 4.69) is 4.98 Å². The van der Waals surface area contributed by atoms with E-state index in [-0.39, 0.29) is 6.42 Å². The van der Waals surface area contributed by atoms with Crippen molar-refractivity contribution in [3.05, 3.63) is 30.1 Å². The standard InChI is InChI=1S/C12H19NO3S/c1-17-7-4-10(14)12(16)8-11(15)9-2-5-13-6-3-9/h2-3,5-6,10-12,14-16H,4,7-8H2,1H3. The van der Waals surface area contributed by atoms with Crippen LogP contribution in [0.3, 0.4) is 0 Å². The van der Waals surface area contributed by atoms with Crippen molar-refractivity contribution in [3.63, 3.8) is 0 Å². The molecule has 96 valence electrons. The summed E-state index contributed by atoms with van der Waals surface area (Å²) in [6.45, 7) is 0. The number of hydrogen-bond acceptors (Lipinski definition) is 5. The zero-order valence-corrected chi connectivity index (χ0v) is 10.7. The molecule has 5 heteroatoms. The van der Waals surface area contributed by atoms with Crippen LogP contribution in [0.15, 0.2) is 24.5 Å². The maximum atomic E-state index is 9.86. The summed E-state index contributed by atoms with van der Waals surface area (Å²) in [6, 6.07) is 3.40. The lowest BCUT2D eigenvalue weighted by atomic mass is 10.0. The van der Waals surface area contributed by atoms with Gasteiger partial charge in [0, 0.05) is 18.8 Å². The van der Waals surface area contributed by atoms with E-state index in [0.717, 1.165) is 5.75 Å². The van der Waals surface area contributed by atoms with Crippen LogP contribution in [0.2, 0.25) is 0 Å². The average Bonchev–Trinajstić information content (AvgIpc) is 2.36. The molecule has 0 aromatic carbocycles. The minimum atomic E-state index is -0.898. The van der Waals surface area contributed by atoms with E-state index in [1.165, 1.54) is 0 Å². The van der Waals surface area contributed by atoms with Gasteiger partial charge in [-0.15, -0.1) is 0 Å². The normalized spacial score (nSPS) is 16.5. The molecule has 1 rings (SSSR count). The van der Waals surface area contributed by atoms with Crippen molar-refractivity contribution < 1.29 is 15.3 Å². The van der Waals surface area contributed by atoms with Gasteiger partial charge in [0.2, 0.25) is 0 Å². The van der Waals surface area contributed by atoms with Gasteiger partial charge < -0.3 is 15.3 Å². The number of aliphatic hydroxyl groups excluding tert-OH is 3. The predicted molar refractivity (Wildman–Crippen MR) is 68.8 cm³/mol. The fraction of sp³-hybridized carbons (Fsp3) is 0.583. The van der Waals surface area contributed by atoms with Gasteiger partial charge in [-0.1, -0.05) is 0 Å². The van der Waals surface area contributed by atoms with Crippen molar-refractivity contribution in [2.24, 2.45) is 0 Å². The minimum absolute atomic E-state index is 0.138. The third kappa shape index (κ3) is 5.04. The molecular formula is C12H19NO3S. The minimum Gasteiger partial charge on any atom is -0.390 e. The van der Waals surface area contributed by atoms with Gasteiger partial charge in [0.25, 0.3) is 0 Å². The van der Waals surface area contributed by atoms with E-state index in [4.69, 9.17) is 0 Å². The van der Waals surface area contributed by atoms with Gasteiger partial charge in [0.05, 0.1) is 18.3 Å². The Balaban J connectivity index is 2.42. The zero-order valence-electron chi connectivity index (χ0n) is 9.86. The molecule has 1 aromatic rings. The summed E-state index contributed by atoms with van der Waals surface area (Å²) in [4.78, 5) is 3.86. The highest BCUT2D eigenvalue weighted by atomic mass is 32.2. The van der Waals surface area contributed by atoms with Crippen LogP contribution in [0.4, 0.5) is 0 Å². The third-order valence-corrected chi connectivity index (χ3v) is 3.26. The van der Waals surface area contributed by atoms with Crippen molar-refractivity contribution in [1.82, 2.24) is 4.98 Å². The number of thioether (sulfide) groups is 1. The average molecular weight is 257 g/mol. The fourth-order valence-electron chi connectivity index (χ4n) is 1.54. The Kier molecular flexibility index (Phi) is 6.50. The molecule has 0 bridgehead atoms. The molecule has 1 aromatic heterocycles. The van der Waals surface area contributed by atoms with Crippen LogP contribution in [0.25, 0.3) is 0 Å². The largest absolute Gasteiger partial charge is 0.390 e. The molecular weight excluding hydrogens is 238 g/mol. The second kappa shape index (κ2) is 7.66. The Bertz CT molecular complexity index is 310. The number of aromatic nitrogens is 1. The van der Waals surface area contributed by atoms with Gasteiger partial charge in [-0.3, -0.25) is 4.98 Å². The van der Waals surface area contributed by atoms with E-state index in [0.29, 0.717) is 12.0 Å². The van der Waals surface area contributed by atoms with E-state index in [1.807, 2.05) is 6.26 Å². The van der Waals surface area contributed by atoms with Gasteiger partial charge in [-0.25, -0.2) is 0 Å². The third-order valence-electron chi connectivity index (χ3n) is 2.62. The lowest BCUT2D eigenvalue weighted by molar-refractivity contribution is -0.0133. The summed E-state index contributed by atoms with van der Waals surface area (Å²) in [5.41, 5.74) is 0.705. The molecule has 0 spiro atoms. The molecule has 3 atom stereocenters. The molecule has 0 amide bonds. The zero-order chi connectivity index (χ0) is 12.7. The SMILES string of the molecule is CSCCC(O)C(O)CC(O)c1ccncc1. The Hall–Kier alpha value is -0.620. The predicted octanol–water partition coefficient (Wildman–Crippen LogP) is 0.980. The van der Waals surface area contributed by atoms with Crippen LogP contribution in [-0.4, -0.2) is 44.5 Å². The summed E-state index contributed by atoms with van der Waals surface area (Å²) >= 11 is 1.62.